The summed E-state index contributed by atoms with van der Waals surface area (Å²) in [4.78, 5) is 7.07. The minimum Gasteiger partial charge on any atom is -0.354 e. The van der Waals surface area contributed by atoms with Gasteiger partial charge in [0.05, 0.1) is 0 Å². The van der Waals surface area contributed by atoms with E-state index in [9.17, 15) is 0 Å². The van der Waals surface area contributed by atoms with Crippen molar-refractivity contribution in [3.05, 3.63) is 37.0 Å². The standard InChI is InChI=1S/C17H29N7/c1-5-9-18-17(19-13-16-22-21-14(3)23(16)4)20-15-7-11-24(10-6-2)12-8-15/h5-6,15H,1-2,7-13H2,3-4H3,(H2,18,19,20). The fourth-order valence-corrected chi connectivity index (χ4v) is 2.70. The fourth-order valence-electron chi connectivity index (χ4n) is 2.70. The van der Waals surface area contributed by atoms with Crippen LogP contribution in [0.25, 0.3) is 0 Å². The van der Waals surface area contributed by atoms with Gasteiger partial charge in [-0.05, 0) is 19.8 Å². The second kappa shape index (κ2) is 9.22. The van der Waals surface area contributed by atoms with Crippen LogP contribution in [0.1, 0.15) is 24.5 Å². The largest absolute Gasteiger partial charge is 0.354 e. The second-order valence-corrected chi connectivity index (χ2v) is 6.06. The first-order chi connectivity index (χ1) is 11.6. The van der Waals surface area contributed by atoms with Gasteiger partial charge >= 0.3 is 0 Å². The van der Waals surface area contributed by atoms with Crippen LogP contribution in [0.3, 0.4) is 0 Å². The van der Waals surface area contributed by atoms with Crippen molar-refractivity contribution >= 4 is 5.96 Å². The summed E-state index contributed by atoms with van der Waals surface area (Å²) < 4.78 is 1.96. The summed E-state index contributed by atoms with van der Waals surface area (Å²) in [6.45, 7) is 13.8. The lowest BCUT2D eigenvalue weighted by Gasteiger charge is -2.32. The van der Waals surface area contributed by atoms with Crippen molar-refractivity contribution in [2.75, 3.05) is 26.2 Å². The number of piperidine rings is 1. The molecule has 7 nitrogen and oxygen atoms in total. The first-order valence-corrected chi connectivity index (χ1v) is 8.48. The zero-order valence-electron chi connectivity index (χ0n) is 14.8. The summed E-state index contributed by atoms with van der Waals surface area (Å²) in [5.41, 5.74) is 0. The Morgan fingerprint density at radius 3 is 2.62 bits per heavy atom. The summed E-state index contributed by atoms with van der Waals surface area (Å²) >= 11 is 0. The maximum Gasteiger partial charge on any atom is 0.192 e. The van der Waals surface area contributed by atoms with Gasteiger partial charge in [-0.1, -0.05) is 12.2 Å². The molecule has 2 N–H and O–H groups in total. The zero-order chi connectivity index (χ0) is 17.4. The molecule has 1 aromatic heterocycles. The first-order valence-electron chi connectivity index (χ1n) is 8.48. The fraction of sp³-hybridized carbons (Fsp3) is 0.588. The van der Waals surface area contributed by atoms with Crippen LogP contribution < -0.4 is 10.6 Å². The van der Waals surface area contributed by atoms with Crippen molar-refractivity contribution in [3.63, 3.8) is 0 Å². The molecule has 0 bridgehead atoms. The van der Waals surface area contributed by atoms with Crippen LogP contribution in [-0.4, -0.2) is 57.8 Å². The molecule has 7 heteroatoms. The molecule has 2 heterocycles. The Balaban J connectivity index is 1.92. The molecular formula is C17H29N7. The van der Waals surface area contributed by atoms with Gasteiger partial charge in [-0.25, -0.2) is 4.99 Å². The Morgan fingerprint density at radius 2 is 2.04 bits per heavy atom. The van der Waals surface area contributed by atoms with E-state index in [1.54, 1.807) is 0 Å². The maximum absolute atomic E-state index is 4.65. The van der Waals surface area contributed by atoms with Crippen LogP contribution in [0, 0.1) is 6.92 Å². The predicted molar refractivity (Wildman–Crippen MR) is 97.9 cm³/mol. The number of hydrogen-bond donors (Lipinski definition) is 2. The molecule has 0 spiro atoms. The van der Waals surface area contributed by atoms with E-state index in [0.717, 1.165) is 50.1 Å². The van der Waals surface area contributed by atoms with Gasteiger partial charge in [0.2, 0.25) is 0 Å². The number of aryl methyl sites for hydroxylation is 1. The molecule has 0 aliphatic carbocycles. The van der Waals surface area contributed by atoms with Gasteiger partial charge in [-0.2, -0.15) is 0 Å². The quantitative estimate of drug-likeness (QED) is 0.443. The minimum absolute atomic E-state index is 0.434. The molecule has 1 aliphatic rings. The normalized spacial score (nSPS) is 16.8. The summed E-state index contributed by atoms with van der Waals surface area (Å²) in [5.74, 6) is 2.55. The molecule has 0 aromatic carbocycles. The third-order valence-corrected chi connectivity index (χ3v) is 4.29. The zero-order valence-corrected chi connectivity index (χ0v) is 14.8. The monoisotopic (exact) mass is 331 g/mol. The van der Waals surface area contributed by atoms with Crippen molar-refractivity contribution in [2.24, 2.45) is 12.0 Å². The van der Waals surface area contributed by atoms with Crippen molar-refractivity contribution in [1.29, 1.82) is 0 Å². The van der Waals surface area contributed by atoms with E-state index < -0.39 is 0 Å². The van der Waals surface area contributed by atoms with Crippen LogP contribution in [0.2, 0.25) is 0 Å². The summed E-state index contributed by atoms with van der Waals surface area (Å²) in [6.07, 6.45) is 6.00. The van der Waals surface area contributed by atoms with Gasteiger partial charge in [0, 0.05) is 39.3 Å². The summed E-state index contributed by atoms with van der Waals surface area (Å²) in [5, 5.41) is 15.0. The van der Waals surface area contributed by atoms with E-state index in [0.29, 0.717) is 19.1 Å². The van der Waals surface area contributed by atoms with Crippen molar-refractivity contribution in [3.8, 4) is 0 Å². The number of rotatable bonds is 7. The molecular weight excluding hydrogens is 302 g/mol. The second-order valence-electron chi connectivity index (χ2n) is 6.06. The topological polar surface area (TPSA) is 70.4 Å². The van der Waals surface area contributed by atoms with Crippen LogP contribution in [0.15, 0.2) is 30.3 Å². The lowest BCUT2D eigenvalue weighted by molar-refractivity contribution is 0.225. The SMILES string of the molecule is C=CCNC(=NCc1nnc(C)n1C)NC1CCN(CC=C)CC1. The molecule has 132 valence electrons. The van der Waals surface area contributed by atoms with Crippen molar-refractivity contribution in [1.82, 2.24) is 30.3 Å². The Morgan fingerprint density at radius 1 is 1.29 bits per heavy atom. The average molecular weight is 331 g/mol. The number of aromatic nitrogens is 3. The number of aliphatic imine (C=N–C) groups is 1. The average Bonchev–Trinajstić information content (AvgIpc) is 2.91. The highest BCUT2D eigenvalue weighted by atomic mass is 15.3. The van der Waals surface area contributed by atoms with E-state index in [1.165, 1.54) is 0 Å². The first kappa shape index (κ1) is 18.2. The predicted octanol–water partition coefficient (Wildman–Crippen LogP) is 0.995. The highest BCUT2D eigenvalue weighted by molar-refractivity contribution is 5.80. The molecule has 0 radical (unpaired) electrons. The van der Waals surface area contributed by atoms with E-state index in [1.807, 2.05) is 30.7 Å². The Bertz CT molecular complexity index is 567. The van der Waals surface area contributed by atoms with Crippen LogP contribution >= 0.6 is 0 Å². The Kier molecular flexibility index (Phi) is 6.99. The van der Waals surface area contributed by atoms with E-state index in [2.05, 4.69) is 43.9 Å². The Labute approximate surface area is 144 Å². The van der Waals surface area contributed by atoms with Crippen LogP contribution in [0.5, 0.6) is 0 Å². The van der Waals surface area contributed by atoms with E-state index >= 15 is 0 Å². The number of guanidine groups is 1. The molecule has 1 aliphatic heterocycles. The number of likely N-dealkylation sites (tertiary alicyclic amines) is 1. The van der Waals surface area contributed by atoms with Gasteiger partial charge in [-0.3, -0.25) is 4.90 Å². The molecule has 24 heavy (non-hydrogen) atoms. The van der Waals surface area contributed by atoms with Crippen LogP contribution in [0.4, 0.5) is 0 Å². The molecule has 1 aromatic rings. The molecule has 2 rings (SSSR count). The highest BCUT2D eigenvalue weighted by Gasteiger charge is 2.19. The number of nitrogens with one attached hydrogen (secondary N) is 2. The van der Waals surface area contributed by atoms with Crippen molar-refractivity contribution in [2.45, 2.75) is 32.4 Å². The molecule has 0 saturated carbocycles. The molecule has 0 unspecified atom stereocenters. The van der Waals surface area contributed by atoms with Gasteiger partial charge < -0.3 is 15.2 Å². The summed E-state index contributed by atoms with van der Waals surface area (Å²) in [6, 6.07) is 0.434. The summed E-state index contributed by atoms with van der Waals surface area (Å²) in [7, 11) is 1.96. The van der Waals surface area contributed by atoms with Gasteiger partial charge in [0.25, 0.3) is 0 Å². The van der Waals surface area contributed by atoms with Gasteiger partial charge in [-0.15, -0.1) is 23.4 Å². The van der Waals surface area contributed by atoms with E-state index in [4.69, 9.17) is 0 Å². The lowest BCUT2D eigenvalue weighted by Crippen LogP contribution is -2.48. The van der Waals surface area contributed by atoms with Gasteiger partial charge in [0.15, 0.2) is 11.8 Å². The van der Waals surface area contributed by atoms with Crippen LogP contribution in [-0.2, 0) is 13.6 Å². The highest BCUT2D eigenvalue weighted by Crippen LogP contribution is 2.10. The van der Waals surface area contributed by atoms with Gasteiger partial charge in [0.1, 0.15) is 12.4 Å². The number of nitrogens with zero attached hydrogens (tertiary/aromatic N) is 5. The third kappa shape index (κ3) is 5.19. The molecule has 1 saturated heterocycles. The smallest absolute Gasteiger partial charge is 0.192 e. The molecule has 1 fully saturated rings. The molecule has 0 amide bonds. The number of hydrogen-bond acceptors (Lipinski definition) is 4. The maximum atomic E-state index is 4.65. The third-order valence-electron chi connectivity index (χ3n) is 4.29. The lowest BCUT2D eigenvalue weighted by atomic mass is 10.1. The van der Waals surface area contributed by atoms with Crippen molar-refractivity contribution < 1.29 is 0 Å². The van der Waals surface area contributed by atoms with E-state index in [-0.39, 0.29) is 0 Å². The minimum atomic E-state index is 0.434. The molecule has 0 atom stereocenters. The Hall–Kier alpha value is -2.15.